The lowest BCUT2D eigenvalue weighted by molar-refractivity contribution is 0.171. The SMILES string of the molecule is Fc1cc(Cl)c(C(Cl)c2ccc3c(c2)OCCO3)cc1F. The van der Waals surface area contributed by atoms with Crippen molar-refractivity contribution in [1.82, 2.24) is 0 Å². The van der Waals surface area contributed by atoms with Crippen LogP contribution in [0.5, 0.6) is 11.5 Å². The molecule has 2 aromatic carbocycles. The smallest absolute Gasteiger partial charge is 0.161 e. The van der Waals surface area contributed by atoms with Crippen LogP contribution in [0.4, 0.5) is 8.78 Å². The van der Waals surface area contributed by atoms with Crippen LogP contribution in [0.1, 0.15) is 16.5 Å². The van der Waals surface area contributed by atoms with E-state index in [2.05, 4.69) is 0 Å². The van der Waals surface area contributed by atoms with E-state index in [0.717, 1.165) is 12.1 Å². The van der Waals surface area contributed by atoms with E-state index in [9.17, 15) is 8.78 Å². The largest absolute Gasteiger partial charge is 0.486 e. The molecular formula is C15H10Cl2F2O2. The summed E-state index contributed by atoms with van der Waals surface area (Å²) in [5, 5.41) is -0.646. The van der Waals surface area contributed by atoms with Crippen molar-refractivity contribution in [3.05, 3.63) is 58.1 Å². The van der Waals surface area contributed by atoms with Crippen LogP contribution in [0, 0.1) is 11.6 Å². The lowest BCUT2D eigenvalue weighted by Crippen LogP contribution is -2.15. The molecule has 1 aliphatic heterocycles. The third-order valence-electron chi connectivity index (χ3n) is 3.17. The van der Waals surface area contributed by atoms with Crippen LogP contribution in [0.2, 0.25) is 5.02 Å². The number of hydrogen-bond acceptors (Lipinski definition) is 2. The molecule has 1 atom stereocenters. The van der Waals surface area contributed by atoms with Crippen LogP contribution in [-0.2, 0) is 0 Å². The van der Waals surface area contributed by atoms with Gasteiger partial charge in [0.1, 0.15) is 13.2 Å². The first-order valence-electron chi connectivity index (χ1n) is 6.24. The lowest BCUT2D eigenvalue weighted by Gasteiger charge is -2.20. The highest BCUT2D eigenvalue weighted by molar-refractivity contribution is 6.33. The molecule has 1 unspecified atom stereocenters. The van der Waals surface area contributed by atoms with E-state index in [4.69, 9.17) is 32.7 Å². The fourth-order valence-corrected chi connectivity index (χ4v) is 2.76. The van der Waals surface area contributed by atoms with Crippen molar-refractivity contribution in [2.45, 2.75) is 5.38 Å². The summed E-state index contributed by atoms with van der Waals surface area (Å²) in [5.74, 6) is -0.791. The minimum absolute atomic E-state index is 0.0730. The summed E-state index contributed by atoms with van der Waals surface area (Å²) in [4.78, 5) is 0. The molecule has 21 heavy (non-hydrogen) atoms. The van der Waals surface area contributed by atoms with Crippen LogP contribution < -0.4 is 9.47 Å². The van der Waals surface area contributed by atoms with Crippen molar-refractivity contribution >= 4 is 23.2 Å². The number of fused-ring (bicyclic) bond motifs is 1. The molecule has 0 N–H and O–H groups in total. The van der Waals surface area contributed by atoms with Gasteiger partial charge in [0.05, 0.1) is 5.38 Å². The summed E-state index contributed by atoms with van der Waals surface area (Å²) in [6.07, 6.45) is 0. The van der Waals surface area contributed by atoms with Crippen molar-refractivity contribution in [2.75, 3.05) is 13.2 Å². The maximum atomic E-state index is 13.4. The molecule has 0 spiro atoms. The van der Waals surface area contributed by atoms with Gasteiger partial charge < -0.3 is 9.47 Å². The molecule has 110 valence electrons. The third kappa shape index (κ3) is 2.78. The predicted octanol–water partition coefficient (Wildman–Crippen LogP) is 4.72. The van der Waals surface area contributed by atoms with Gasteiger partial charge in [0.15, 0.2) is 23.1 Å². The molecule has 0 aromatic heterocycles. The lowest BCUT2D eigenvalue weighted by atomic mass is 10.0. The average Bonchev–Trinajstić information content (AvgIpc) is 2.50. The molecule has 0 radical (unpaired) electrons. The average molecular weight is 331 g/mol. The number of halogens is 4. The monoisotopic (exact) mass is 330 g/mol. The third-order valence-corrected chi connectivity index (χ3v) is 3.99. The second-order valence-electron chi connectivity index (χ2n) is 4.55. The first kappa shape index (κ1) is 14.4. The Labute approximate surface area is 130 Å². The van der Waals surface area contributed by atoms with Gasteiger partial charge in [-0.2, -0.15) is 0 Å². The van der Waals surface area contributed by atoms with Gasteiger partial charge in [0.2, 0.25) is 0 Å². The molecule has 2 nitrogen and oxygen atoms in total. The highest BCUT2D eigenvalue weighted by Crippen LogP contribution is 2.39. The predicted molar refractivity (Wildman–Crippen MR) is 76.5 cm³/mol. The van der Waals surface area contributed by atoms with Crippen molar-refractivity contribution < 1.29 is 18.3 Å². The van der Waals surface area contributed by atoms with Gasteiger partial charge in [-0.1, -0.05) is 17.7 Å². The summed E-state index contributed by atoms with van der Waals surface area (Å²) in [5.41, 5.74) is 0.961. The van der Waals surface area contributed by atoms with Crippen LogP contribution >= 0.6 is 23.2 Å². The number of benzene rings is 2. The molecule has 3 rings (SSSR count). The maximum Gasteiger partial charge on any atom is 0.161 e. The zero-order valence-corrected chi connectivity index (χ0v) is 12.2. The fourth-order valence-electron chi connectivity index (χ4n) is 2.13. The Bertz CT molecular complexity index is 692. The van der Waals surface area contributed by atoms with Gasteiger partial charge in [-0.25, -0.2) is 8.78 Å². The number of hydrogen-bond donors (Lipinski definition) is 0. The van der Waals surface area contributed by atoms with Crippen LogP contribution in [0.15, 0.2) is 30.3 Å². The fraction of sp³-hybridized carbons (Fsp3) is 0.200. The van der Waals surface area contributed by atoms with E-state index >= 15 is 0 Å². The molecule has 2 aromatic rings. The van der Waals surface area contributed by atoms with Gasteiger partial charge in [0.25, 0.3) is 0 Å². The van der Waals surface area contributed by atoms with Gasteiger partial charge in [0, 0.05) is 5.02 Å². The van der Waals surface area contributed by atoms with Crippen molar-refractivity contribution in [3.63, 3.8) is 0 Å². The summed E-state index contributed by atoms with van der Waals surface area (Å²) >= 11 is 12.3. The number of rotatable bonds is 2. The maximum absolute atomic E-state index is 13.4. The van der Waals surface area contributed by atoms with Gasteiger partial charge in [-0.3, -0.25) is 0 Å². The van der Waals surface area contributed by atoms with E-state index in [1.165, 1.54) is 0 Å². The van der Waals surface area contributed by atoms with E-state index in [1.807, 2.05) is 0 Å². The second kappa shape index (κ2) is 5.70. The Morgan fingerprint density at radius 1 is 0.952 bits per heavy atom. The van der Waals surface area contributed by atoms with E-state index in [-0.39, 0.29) is 5.02 Å². The molecule has 0 bridgehead atoms. The van der Waals surface area contributed by atoms with Gasteiger partial charge in [-0.15, -0.1) is 11.6 Å². The summed E-state index contributed by atoms with van der Waals surface area (Å²) in [7, 11) is 0. The van der Waals surface area contributed by atoms with E-state index in [0.29, 0.717) is 35.8 Å². The van der Waals surface area contributed by atoms with Crippen molar-refractivity contribution in [3.8, 4) is 11.5 Å². The Morgan fingerprint density at radius 3 is 2.38 bits per heavy atom. The van der Waals surface area contributed by atoms with Gasteiger partial charge >= 0.3 is 0 Å². The van der Waals surface area contributed by atoms with E-state index < -0.39 is 17.0 Å². The number of ether oxygens (including phenoxy) is 2. The van der Waals surface area contributed by atoms with Crippen molar-refractivity contribution in [2.24, 2.45) is 0 Å². The molecular weight excluding hydrogens is 321 g/mol. The quantitative estimate of drug-likeness (QED) is 0.586. The summed E-state index contributed by atoms with van der Waals surface area (Å²) in [6, 6.07) is 7.10. The second-order valence-corrected chi connectivity index (χ2v) is 5.40. The first-order valence-corrected chi connectivity index (χ1v) is 7.06. The standard InChI is InChI=1S/C15H10Cl2F2O2/c16-10-7-12(19)11(18)6-9(10)15(17)8-1-2-13-14(5-8)21-4-3-20-13/h1-2,5-7,15H,3-4H2. The zero-order valence-electron chi connectivity index (χ0n) is 10.7. The molecule has 0 amide bonds. The highest BCUT2D eigenvalue weighted by Gasteiger charge is 2.20. The topological polar surface area (TPSA) is 18.5 Å². The van der Waals surface area contributed by atoms with E-state index in [1.54, 1.807) is 18.2 Å². The molecule has 6 heteroatoms. The normalized spacial score (nSPS) is 14.9. The molecule has 0 aliphatic carbocycles. The molecule has 0 saturated heterocycles. The summed E-state index contributed by atoms with van der Waals surface area (Å²) < 4.78 is 37.4. The van der Waals surface area contributed by atoms with Crippen LogP contribution in [0.25, 0.3) is 0 Å². The Kier molecular flexibility index (Phi) is 3.91. The number of alkyl halides is 1. The first-order chi connectivity index (χ1) is 10.1. The molecule has 1 heterocycles. The van der Waals surface area contributed by atoms with Crippen LogP contribution in [0.3, 0.4) is 0 Å². The van der Waals surface area contributed by atoms with Crippen LogP contribution in [-0.4, -0.2) is 13.2 Å². The van der Waals surface area contributed by atoms with Crippen molar-refractivity contribution in [1.29, 1.82) is 0 Å². The zero-order chi connectivity index (χ0) is 15.0. The summed E-state index contributed by atoms with van der Waals surface area (Å²) in [6.45, 7) is 0.945. The molecule has 0 saturated carbocycles. The highest BCUT2D eigenvalue weighted by atomic mass is 35.5. The Morgan fingerprint density at radius 2 is 1.62 bits per heavy atom. The minimum atomic E-state index is -1.00. The Hall–Kier alpha value is -1.52. The minimum Gasteiger partial charge on any atom is -0.486 e. The molecule has 1 aliphatic rings. The molecule has 0 fully saturated rings. The Balaban J connectivity index is 1.98. The van der Waals surface area contributed by atoms with Gasteiger partial charge in [-0.05, 0) is 35.4 Å².